The first-order valence-electron chi connectivity index (χ1n) is 9.38. The molecule has 0 unspecified atom stereocenters. The molecular weight excluding hydrogens is 370 g/mol. The van der Waals surface area contributed by atoms with E-state index in [2.05, 4.69) is 0 Å². The van der Waals surface area contributed by atoms with E-state index in [4.69, 9.17) is 21.0 Å². The highest BCUT2D eigenvalue weighted by Crippen LogP contribution is 2.20. The van der Waals surface area contributed by atoms with Gasteiger partial charge in [-0.2, -0.15) is 0 Å². The molecule has 0 aliphatic carbocycles. The van der Waals surface area contributed by atoms with Gasteiger partial charge in [0.25, 0.3) is 0 Å². The summed E-state index contributed by atoms with van der Waals surface area (Å²) in [6, 6.07) is 16.0. The van der Waals surface area contributed by atoms with Crippen LogP contribution in [0.15, 0.2) is 54.6 Å². The zero-order valence-corrected chi connectivity index (χ0v) is 16.7. The van der Waals surface area contributed by atoms with Gasteiger partial charge in [-0.15, -0.1) is 0 Å². The number of carbonyl (C=O) groups excluding carboxylic acids is 1. The molecule has 0 radical (unpaired) electrons. The summed E-state index contributed by atoms with van der Waals surface area (Å²) in [5, 5.41) is 17.3. The lowest BCUT2D eigenvalue weighted by atomic mass is 10.1. The van der Waals surface area contributed by atoms with Gasteiger partial charge in [-0.05, 0) is 49.9 Å². The highest BCUT2D eigenvalue weighted by Gasteiger charge is 2.29. The maximum Gasteiger partial charge on any atom is 0.347 e. The number of urea groups is 1. The number of nitrogens with zero attached hydrogens (tertiary/aromatic N) is 1. The van der Waals surface area contributed by atoms with Crippen LogP contribution in [0.2, 0.25) is 0 Å². The summed E-state index contributed by atoms with van der Waals surface area (Å²) in [4.78, 5) is 24.1. The fourth-order valence-electron chi connectivity index (χ4n) is 2.73. The van der Waals surface area contributed by atoms with Crippen LogP contribution in [0.4, 0.5) is 4.79 Å². The summed E-state index contributed by atoms with van der Waals surface area (Å²) in [7, 11) is 0. The van der Waals surface area contributed by atoms with Crippen molar-refractivity contribution < 1.29 is 19.4 Å². The van der Waals surface area contributed by atoms with Crippen molar-refractivity contribution in [2.75, 3.05) is 0 Å². The van der Waals surface area contributed by atoms with Gasteiger partial charge in [-0.1, -0.05) is 42.5 Å². The van der Waals surface area contributed by atoms with Gasteiger partial charge >= 0.3 is 12.0 Å². The number of hydrogen-bond donors (Lipinski definition) is 3. The van der Waals surface area contributed by atoms with Crippen molar-refractivity contribution in [1.29, 1.82) is 5.41 Å². The molecule has 0 aliphatic rings. The van der Waals surface area contributed by atoms with Crippen molar-refractivity contribution in [3.05, 3.63) is 65.7 Å². The Morgan fingerprint density at radius 2 is 1.69 bits per heavy atom. The van der Waals surface area contributed by atoms with Crippen molar-refractivity contribution >= 4 is 17.8 Å². The van der Waals surface area contributed by atoms with E-state index in [1.165, 1.54) is 18.7 Å². The van der Waals surface area contributed by atoms with E-state index < -0.39 is 17.6 Å². The first kappa shape index (κ1) is 21.9. The quantitative estimate of drug-likeness (QED) is 0.440. The monoisotopic (exact) mass is 397 g/mol. The van der Waals surface area contributed by atoms with Crippen LogP contribution in [-0.2, 0) is 17.8 Å². The van der Waals surface area contributed by atoms with Crippen molar-refractivity contribution in [3.63, 3.8) is 0 Å². The third-order valence-corrected chi connectivity index (χ3v) is 4.47. The van der Waals surface area contributed by atoms with E-state index >= 15 is 0 Å². The molecule has 0 spiro atoms. The number of hydrogen-bond acceptors (Lipinski definition) is 4. The highest BCUT2D eigenvalue weighted by atomic mass is 16.5. The minimum absolute atomic E-state index is 0.185. The summed E-state index contributed by atoms with van der Waals surface area (Å²) in [5.74, 6) is -0.365. The summed E-state index contributed by atoms with van der Waals surface area (Å²) in [6.45, 7) is 3.27. The van der Waals surface area contributed by atoms with E-state index in [0.717, 1.165) is 11.1 Å². The van der Waals surface area contributed by atoms with Crippen LogP contribution in [0.1, 0.15) is 37.8 Å². The zero-order chi connectivity index (χ0) is 21.4. The number of carbonyl (C=O) groups is 2. The number of carboxylic acid groups (broad SMARTS) is 1. The summed E-state index contributed by atoms with van der Waals surface area (Å²) in [6.07, 6.45) is 1.81. The molecule has 0 fully saturated rings. The van der Waals surface area contributed by atoms with E-state index in [0.29, 0.717) is 25.0 Å². The molecule has 7 nitrogen and oxygen atoms in total. The number of aliphatic carboxylic acids is 1. The number of nitrogens with two attached hydrogens (primary N) is 1. The van der Waals surface area contributed by atoms with Gasteiger partial charge in [0.05, 0.1) is 6.54 Å². The number of amides is 2. The molecule has 2 aromatic rings. The Bertz CT molecular complexity index is 848. The first-order chi connectivity index (χ1) is 13.7. The molecule has 2 aromatic carbocycles. The van der Waals surface area contributed by atoms with Crippen LogP contribution in [-0.4, -0.2) is 33.4 Å². The molecule has 0 saturated carbocycles. The highest BCUT2D eigenvalue weighted by molar-refractivity contribution is 5.95. The van der Waals surface area contributed by atoms with Crippen LogP contribution in [0.3, 0.4) is 0 Å². The molecule has 4 N–H and O–H groups in total. The Labute approximate surface area is 170 Å². The molecule has 0 aliphatic heterocycles. The van der Waals surface area contributed by atoms with Crippen molar-refractivity contribution in [3.8, 4) is 5.75 Å². The SMILES string of the molecule is CC(C)(Oc1ccc(CCCC(=N)N(Cc2ccccc2)C(N)=O)cc1)C(=O)O. The number of carboxylic acids is 1. The summed E-state index contributed by atoms with van der Waals surface area (Å²) >= 11 is 0. The smallest absolute Gasteiger partial charge is 0.347 e. The number of ether oxygens (including phenoxy) is 1. The number of benzene rings is 2. The lowest BCUT2D eigenvalue weighted by Crippen LogP contribution is -2.39. The number of rotatable bonds is 9. The van der Waals surface area contributed by atoms with Gasteiger partial charge < -0.3 is 15.6 Å². The molecule has 0 saturated heterocycles. The van der Waals surface area contributed by atoms with Crippen molar-refractivity contribution in [2.45, 2.75) is 45.3 Å². The second-order valence-corrected chi connectivity index (χ2v) is 7.27. The number of aryl methyl sites for hydroxylation is 1. The fraction of sp³-hybridized carbons (Fsp3) is 0.318. The van der Waals surface area contributed by atoms with E-state index in [-0.39, 0.29) is 12.4 Å². The van der Waals surface area contributed by atoms with Crippen LogP contribution in [0.5, 0.6) is 5.75 Å². The summed E-state index contributed by atoms with van der Waals surface area (Å²) < 4.78 is 5.48. The minimum atomic E-state index is -1.30. The van der Waals surface area contributed by atoms with Gasteiger partial charge in [-0.25, -0.2) is 9.59 Å². The molecule has 2 rings (SSSR count). The number of amidine groups is 1. The minimum Gasteiger partial charge on any atom is -0.478 e. The average molecular weight is 397 g/mol. The fourth-order valence-corrected chi connectivity index (χ4v) is 2.73. The van der Waals surface area contributed by atoms with Crippen molar-refractivity contribution in [1.82, 2.24) is 4.90 Å². The molecule has 0 heterocycles. The summed E-state index contributed by atoms with van der Waals surface area (Å²) in [5.41, 5.74) is 6.10. The first-order valence-corrected chi connectivity index (χ1v) is 9.38. The van der Waals surface area contributed by atoms with Crippen LogP contribution >= 0.6 is 0 Å². The molecule has 7 heteroatoms. The second-order valence-electron chi connectivity index (χ2n) is 7.27. The zero-order valence-electron chi connectivity index (χ0n) is 16.7. The number of nitrogens with one attached hydrogen (secondary N) is 1. The lowest BCUT2D eigenvalue weighted by Gasteiger charge is -2.22. The van der Waals surface area contributed by atoms with Gasteiger partial charge in [0.15, 0.2) is 5.60 Å². The Kier molecular flexibility index (Phi) is 7.36. The van der Waals surface area contributed by atoms with Crippen molar-refractivity contribution in [2.24, 2.45) is 5.73 Å². The standard InChI is InChI=1S/C22H27N3O4/c1-22(2,20(26)27)29-18-13-11-16(12-14-18)9-6-10-19(23)25(21(24)28)15-17-7-4-3-5-8-17/h3-5,7-8,11-14,23H,6,9-10,15H2,1-2H3,(H2,24,28)(H,26,27). The lowest BCUT2D eigenvalue weighted by molar-refractivity contribution is -0.152. The molecule has 0 atom stereocenters. The van der Waals surface area contributed by atoms with Crippen LogP contribution in [0.25, 0.3) is 0 Å². The Hall–Kier alpha value is -3.35. The second kappa shape index (κ2) is 9.73. The van der Waals surface area contributed by atoms with E-state index in [1.54, 1.807) is 12.1 Å². The Morgan fingerprint density at radius 1 is 1.07 bits per heavy atom. The van der Waals surface area contributed by atoms with Crippen LogP contribution < -0.4 is 10.5 Å². The van der Waals surface area contributed by atoms with Crippen LogP contribution in [0, 0.1) is 5.41 Å². The Balaban J connectivity index is 1.87. The largest absolute Gasteiger partial charge is 0.478 e. The predicted octanol–water partition coefficient (Wildman–Crippen LogP) is 3.81. The third-order valence-electron chi connectivity index (χ3n) is 4.47. The number of primary amides is 1. The molecule has 2 amide bonds. The van der Waals surface area contributed by atoms with Gasteiger partial charge in [0, 0.05) is 6.42 Å². The molecular formula is C22H27N3O4. The third kappa shape index (κ3) is 6.64. The maximum absolute atomic E-state index is 11.7. The molecule has 0 bridgehead atoms. The normalized spacial score (nSPS) is 11.0. The van der Waals surface area contributed by atoms with Gasteiger partial charge in [0.2, 0.25) is 0 Å². The Morgan fingerprint density at radius 3 is 2.24 bits per heavy atom. The van der Waals surface area contributed by atoms with Gasteiger partial charge in [-0.3, -0.25) is 10.3 Å². The maximum atomic E-state index is 11.7. The molecule has 154 valence electrons. The molecule has 29 heavy (non-hydrogen) atoms. The van der Waals surface area contributed by atoms with Gasteiger partial charge in [0.1, 0.15) is 11.6 Å². The predicted molar refractivity (Wildman–Crippen MR) is 111 cm³/mol. The topological polar surface area (TPSA) is 117 Å². The molecule has 0 aromatic heterocycles. The average Bonchev–Trinajstić information content (AvgIpc) is 2.67. The van der Waals surface area contributed by atoms with E-state index in [9.17, 15) is 9.59 Å². The van der Waals surface area contributed by atoms with E-state index in [1.807, 2.05) is 42.5 Å².